The number of anilines is 2. The summed E-state index contributed by atoms with van der Waals surface area (Å²) in [5, 5.41) is 1.36. The Hall–Kier alpha value is -0.770. The van der Waals surface area contributed by atoms with Gasteiger partial charge in [-0.15, -0.1) is 11.6 Å². The molecule has 2 aromatic rings. The summed E-state index contributed by atoms with van der Waals surface area (Å²) >= 11 is 13.3. The molecule has 5 heteroatoms. The Morgan fingerprint density at radius 1 is 1.28 bits per heavy atom. The van der Waals surface area contributed by atoms with Crippen LogP contribution in [0.4, 0.5) is 10.8 Å². The second kappa shape index (κ2) is 5.91. The number of rotatable bonds is 4. The Kier molecular flexibility index (Phi) is 4.49. The summed E-state index contributed by atoms with van der Waals surface area (Å²) in [6.07, 6.45) is 1.05. The van der Waals surface area contributed by atoms with Crippen molar-refractivity contribution in [3.63, 3.8) is 0 Å². The highest BCUT2D eigenvalue weighted by molar-refractivity contribution is 7.16. The molecule has 0 N–H and O–H groups in total. The summed E-state index contributed by atoms with van der Waals surface area (Å²) in [7, 11) is 1.98. The zero-order chi connectivity index (χ0) is 13.1. The zero-order valence-corrected chi connectivity index (χ0v) is 12.6. The van der Waals surface area contributed by atoms with Crippen LogP contribution in [0, 0.1) is 0 Å². The molecule has 96 valence electrons. The maximum absolute atomic E-state index is 6.01. The molecule has 0 aliphatic rings. The molecule has 1 aromatic heterocycles. The lowest BCUT2D eigenvalue weighted by atomic mass is 10.1. The van der Waals surface area contributed by atoms with Crippen LogP contribution in [0.3, 0.4) is 0 Å². The molecule has 0 bridgehead atoms. The van der Waals surface area contributed by atoms with E-state index in [4.69, 9.17) is 23.2 Å². The van der Waals surface area contributed by atoms with Crippen LogP contribution in [-0.2, 0) is 12.3 Å². The fourth-order valence-corrected chi connectivity index (χ4v) is 3.07. The Bertz CT molecular complexity index is 522. The first-order valence-corrected chi connectivity index (χ1v) is 7.42. The van der Waals surface area contributed by atoms with Gasteiger partial charge in [-0.1, -0.05) is 42.0 Å². The molecule has 0 spiro atoms. The molecule has 0 atom stereocenters. The molecule has 2 rings (SSSR count). The second-order valence-electron chi connectivity index (χ2n) is 3.92. The van der Waals surface area contributed by atoms with E-state index in [2.05, 4.69) is 36.2 Å². The van der Waals surface area contributed by atoms with E-state index in [1.165, 1.54) is 16.9 Å². The van der Waals surface area contributed by atoms with Crippen molar-refractivity contribution in [2.45, 2.75) is 19.2 Å². The van der Waals surface area contributed by atoms with E-state index in [0.717, 1.165) is 22.1 Å². The molecule has 0 radical (unpaired) electrons. The monoisotopic (exact) mass is 300 g/mol. The van der Waals surface area contributed by atoms with Gasteiger partial charge in [0.15, 0.2) is 5.13 Å². The summed E-state index contributed by atoms with van der Waals surface area (Å²) in [4.78, 5) is 7.25. The van der Waals surface area contributed by atoms with Crippen LogP contribution in [0.5, 0.6) is 0 Å². The van der Waals surface area contributed by atoms with Gasteiger partial charge in [0.25, 0.3) is 0 Å². The van der Waals surface area contributed by atoms with Crippen LogP contribution in [0.15, 0.2) is 24.3 Å². The summed E-state index contributed by atoms with van der Waals surface area (Å²) < 4.78 is 0. The first-order valence-electron chi connectivity index (χ1n) is 5.69. The highest BCUT2D eigenvalue weighted by atomic mass is 35.5. The molecule has 0 fully saturated rings. The van der Waals surface area contributed by atoms with Gasteiger partial charge < -0.3 is 4.90 Å². The van der Waals surface area contributed by atoms with Crippen molar-refractivity contribution in [1.82, 2.24) is 4.98 Å². The van der Waals surface area contributed by atoms with Gasteiger partial charge in [0.05, 0.1) is 10.8 Å². The lowest BCUT2D eigenvalue weighted by Crippen LogP contribution is -2.08. The van der Waals surface area contributed by atoms with Gasteiger partial charge in [0.2, 0.25) is 0 Å². The molecule has 0 unspecified atom stereocenters. The predicted octanol–water partition coefficient (Wildman–Crippen LogP) is 4.87. The minimum atomic E-state index is 0.402. The van der Waals surface area contributed by atoms with Gasteiger partial charge in [0, 0.05) is 12.7 Å². The van der Waals surface area contributed by atoms with E-state index in [9.17, 15) is 0 Å². The topological polar surface area (TPSA) is 16.1 Å². The van der Waals surface area contributed by atoms with Gasteiger partial charge in [-0.25, -0.2) is 4.98 Å². The van der Waals surface area contributed by atoms with Gasteiger partial charge in [-0.3, -0.25) is 0 Å². The van der Waals surface area contributed by atoms with E-state index in [-0.39, 0.29) is 0 Å². The molecular weight excluding hydrogens is 287 g/mol. The van der Waals surface area contributed by atoms with E-state index in [1.807, 2.05) is 11.9 Å². The van der Waals surface area contributed by atoms with Crippen molar-refractivity contribution in [3.8, 4) is 0 Å². The number of halogens is 2. The van der Waals surface area contributed by atoms with Gasteiger partial charge in [-0.2, -0.15) is 0 Å². The Balaban J connectivity index is 2.25. The maximum atomic E-state index is 6.01. The van der Waals surface area contributed by atoms with Crippen molar-refractivity contribution in [2.75, 3.05) is 11.9 Å². The van der Waals surface area contributed by atoms with Crippen molar-refractivity contribution >= 4 is 45.4 Å². The molecule has 2 nitrogen and oxygen atoms in total. The van der Waals surface area contributed by atoms with Gasteiger partial charge >= 0.3 is 0 Å². The summed E-state index contributed by atoms with van der Waals surface area (Å²) in [5.74, 6) is 0.402. The average Bonchev–Trinajstić information content (AvgIpc) is 2.79. The summed E-state index contributed by atoms with van der Waals surface area (Å²) in [6, 6.07) is 8.44. The Morgan fingerprint density at radius 2 is 1.94 bits per heavy atom. The van der Waals surface area contributed by atoms with Crippen LogP contribution >= 0.6 is 34.5 Å². The van der Waals surface area contributed by atoms with Gasteiger partial charge in [-0.05, 0) is 24.1 Å². The van der Waals surface area contributed by atoms with Crippen LogP contribution in [0.25, 0.3) is 0 Å². The van der Waals surface area contributed by atoms with E-state index < -0.39 is 0 Å². The summed E-state index contributed by atoms with van der Waals surface area (Å²) in [5.41, 5.74) is 2.42. The van der Waals surface area contributed by atoms with Crippen LogP contribution < -0.4 is 4.90 Å². The quantitative estimate of drug-likeness (QED) is 0.749. The van der Waals surface area contributed by atoms with Crippen molar-refractivity contribution < 1.29 is 0 Å². The minimum absolute atomic E-state index is 0.402. The lowest BCUT2D eigenvalue weighted by molar-refractivity contribution is 1.12. The smallest absolute Gasteiger partial charge is 0.191 e. The van der Waals surface area contributed by atoms with Crippen LogP contribution in [0.2, 0.25) is 5.15 Å². The number of benzene rings is 1. The molecular formula is C13H14Cl2N2S. The van der Waals surface area contributed by atoms with Crippen molar-refractivity contribution in [3.05, 3.63) is 39.9 Å². The first kappa shape index (κ1) is 13.7. The van der Waals surface area contributed by atoms with Crippen LogP contribution in [0.1, 0.15) is 17.4 Å². The largest absolute Gasteiger partial charge is 0.321 e. The maximum Gasteiger partial charge on any atom is 0.191 e. The number of aromatic nitrogens is 1. The number of hydrogen-bond donors (Lipinski definition) is 0. The molecule has 0 amide bonds. The fraction of sp³-hybridized carbons (Fsp3) is 0.308. The molecule has 0 saturated heterocycles. The first-order chi connectivity index (χ1) is 8.65. The van der Waals surface area contributed by atoms with Crippen LogP contribution in [-0.4, -0.2) is 12.0 Å². The Morgan fingerprint density at radius 3 is 2.44 bits per heavy atom. The number of nitrogens with zero attached hydrogens (tertiary/aromatic N) is 2. The Labute approximate surface area is 121 Å². The minimum Gasteiger partial charge on any atom is -0.321 e. The summed E-state index contributed by atoms with van der Waals surface area (Å²) in [6.45, 7) is 2.14. The highest BCUT2D eigenvalue weighted by Crippen LogP contribution is 2.33. The normalized spacial score (nSPS) is 10.7. The SMILES string of the molecule is CCc1ccc(N(C)c2nc(Cl)c(CCl)s2)cc1. The molecule has 18 heavy (non-hydrogen) atoms. The van der Waals surface area contributed by atoms with Crippen molar-refractivity contribution in [1.29, 1.82) is 0 Å². The average molecular weight is 301 g/mol. The highest BCUT2D eigenvalue weighted by Gasteiger charge is 2.13. The van der Waals surface area contributed by atoms with Crippen molar-refractivity contribution in [2.24, 2.45) is 0 Å². The number of thiazole rings is 1. The fourth-order valence-electron chi connectivity index (χ4n) is 1.61. The standard InChI is InChI=1S/C13H14Cl2N2S/c1-3-9-4-6-10(7-5-9)17(2)13-16-12(15)11(8-14)18-13/h4-7H,3,8H2,1-2H3. The third kappa shape index (κ3) is 2.79. The molecule has 1 heterocycles. The lowest BCUT2D eigenvalue weighted by Gasteiger charge is -2.15. The molecule has 1 aromatic carbocycles. The van der Waals surface area contributed by atoms with E-state index in [1.54, 1.807) is 0 Å². The van der Waals surface area contributed by atoms with Gasteiger partial charge in [0.1, 0.15) is 5.15 Å². The van der Waals surface area contributed by atoms with E-state index >= 15 is 0 Å². The molecule has 0 saturated carbocycles. The number of aryl methyl sites for hydroxylation is 1. The third-order valence-corrected chi connectivity index (χ3v) is 4.76. The number of hydrogen-bond acceptors (Lipinski definition) is 3. The zero-order valence-electron chi connectivity index (χ0n) is 10.3. The number of alkyl halides is 1. The third-order valence-electron chi connectivity index (χ3n) is 2.78. The predicted molar refractivity (Wildman–Crippen MR) is 80.6 cm³/mol. The second-order valence-corrected chi connectivity index (χ2v) is 5.61. The molecule has 0 aliphatic heterocycles. The molecule has 0 aliphatic carbocycles. The van der Waals surface area contributed by atoms with E-state index in [0.29, 0.717) is 11.0 Å².